The van der Waals surface area contributed by atoms with Crippen LogP contribution in [0.1, 0.15) is 11.7 Å². The molecule has 0 saturated heterocycles. The molecule has 1 unspecified atom stereocenters. The van der Waals surface area contributed by atoms with E-state index in [1.165, 1.54) is 23.5 Å². The van der Waals surface area contributed by atoms with Crippen molar-refractivity contribution in [3.8, 4) is 0 Å². The zero-order valence-corrected chi connectivity index (χ0v) is 9.25. The highest BCUT2D eigenvalue weighted by molar-refractivity contribution is 7.07. The number of hydrogen-bond acceptors (Lipinski definition) is 4. The van der Waals surface area contributed by atoms with Crippen LogP contribution in [0.2, 0.25) is 0 Å². The maximum absolute atomic E-state index is 12.6. The predicted molar refractivity (Wildman–Crippen MR) is 62.0 cm³/mol. The number of nitrogens with one attached hydrogen (secondary N) is 1. The Morgan fingerprint density at radius 3 is 2.94 bits per heavy atom. The van der Waals surface area contributed by atoms with Crippen LogP contribution in [-0.4, -0.2) is 16.6 Å². The molecule has 3 nitrogen and oxygen atoms in total. The zero-order chi connectivity index (χ0) is 11.4. The van der Waals surface area contributed by atoms with Gasteiger partial charge in [0.25, 0.3) is 0 Å². The standard InChI is InChI=1S/C11H11FN2OS/c12-9-1-2-11(13-5-9)14-6-10(15)8-3-4-16-7-8/h1-5,7,10,15H,6H2,(H,13,14). The van der Waals surface area contributed by atoms with E-state index >= 15 is 0 Å². The Hall–Kier alpha value is -1.46. The van der Waals surface area contributed by atoms with Gasteiger partial charge in [-0.1, -0.05) is 0 Å². The van der Waals surface area contributed by atoms with Gasteiger partial charge in [0.1, 0.15) is 11.6 Å². The van der Waals surface area contributed by atoms with Crippen molar-refractivity contribution in [2.24, 2.45) is 0 Å². The van der Waals surface area contributed by atoms with Crippen LogP contribution in [0.3, 0.4) is 0 Å². The summed E-state index contributed by atoms with van der Waals surface area (Å²) in [4.78, 5) is 3.84. The fourth-order valence-corrected chi connectivity index (χ4v) is 1.97. The highest BCUT2D eigenvalue weighted by atomic mass is 32.1. The summed E-state index contributed by atoms with van der Waals surface area (Å²) in [5.74, 6) is 0.180. The Balaban J connectivity index is 1.90. The number of thiophene rings is 1. The van der Waals surface area contributed by atoms with E-state index in [1.807, 2.05) is 16.8 Å². The second-order valence-corrected chi connectivity index (χ2v) is 4.10. The molecule has 0 saturated carbocycles. The van der Waals surface area contributed by atoms with Gasteiger partial charge in [0.15, 0.2) is 0 Å². The van der Waals surface area contributed by atoms with E-state index in [-0.39, 0.29) is 5.82 Å². The van der Waals surface area contributed by atoms with Gasteiger partial charge < -0.3 is 10.4 Å². The summed E-state index contributed by atoms with van der Waals surface area (Å²) < 4.78 is 12.6. The summed E-state index contributed by atoms with van der Waals surface area (Å²) in [6, 6.07) is 4.73. The average Bonchev–Trinajstić information content (AvgIpc) is 2.81. The summed E-state index contributed by atoms with van der Waals surface area (Å²) in [6.07, 6.45) is 0.567. The number of aliphatic hydroxyl groups is 1. The molecule has 0 bridgehead atoms. The molecule has 0 amide bonds. The van der Waals surface area contributed by atoms with Gasteiger partial charge in [0, 0.05) is 6.54 Å². The van der Waals surface area contributed by atoms with Gasteiger partial charge in [-0.15, -0.1) is 0 Å². The Kier molecular flexibility index (Phi) is 3.48. The van der Waals surface area contributed by atoms with Gasteiger partial charge in [-0.2, -0.15) is 11.3 Å². The minimum absolute atomic E-state index is 0.357. The van der Waals surface area contributed by atoms with Crippen LogP contribution in [0.5, 0.6) is 0 Å². The molecular formula is C11H11FN2OS. The zero-order valence-electron chi connectivity index (χ0n) is 8.43. The Bertz CT molecular complexity index is 430. The average molecular weight is 238 g/mol. The van der Waals surface area contributed by atoms with E-state index in [0.29, 0.717) is 12.4 Å². The van der Waals surface area contributed by atoms with Crippen LogP contribution in [0.15, 0.2) is 35.2 Å². The topological polar surface area (TPSA) is 45.1 Å². The SMILES string of the molecule is OC(CNc1ccc(F)cn1)c1ccsc1. The molecular weight excluding hydrogens is 227 g/mol. The molecule has 0 aromatic carbocycles. The number of anilines is 1. The van der Waals surface area contributed by atoms with Crippen LogP contribution < -0.4 is 5.32 Å². The summed E-state index contributed by atoms with van der Waals surface area (Å²) in [6.45, 7) is 0.357. The van der Waals surface area contributed by atoms with Gasteiger partial charge in [-0.25, -0.2) is 9.37 Å². The second-order valence-electron chi connectivity index (χ2n) is 3.32. The van der Waals surface area contributed by atoms with Crippen molar-refractivity contribution in [2.75, 3.05) is 11.9 Å². The number of aliphatic hydroxyl groups excluding tert-OH is 1. The van der Waals surface area contributed by atoms with Crippen LogP contribution in [0.25, 0.3) is 0 Å². The highest BCUT2D eigenvalue weighted by Crippen LogP contribution is 2.16. The monoisotopic (exact) mass is 238 g/mol. The molecule has 0 aliphatic heterocycles. The number of pyridine rings is 1. The second kappa shape index (κ2) is 5.05. The van der Waals surface area contributed by atoms with Crippen LogP contribution in [0, 0.1) is 5.82 Å². The van der Waals surface area contributed by atoms with Gasteiger partial charge in [0.2, 0.25) is 0 Å². The third-order valence-electron chi connectivity index (χ3n) is 2.13. The first-order valence-corrected chi connectivity index (χ1v) is 5.75. The van der Waals surface area contributed by atoms with Crippen molar-refractivity contribution in [1.29, 1.82) is 0 Å². The summed E-state index contributed by atoms with van der Waals surface area (Å²) >= 11 is 1.54. The quantitative estimate of drug-likeness (QED) is 0.859. The largest absolute Gasteiger partial charge is 0.387 e. The van der Waals surface area contributed by atoms with E-state index in [1.54, 1.807) is 0 Å². The smallest absolute Gasteiger partial charge is 0.141 e. The Morgan fingerprint density at radius 2 is 2.31 bits per heavy atom. The number of nitrogens with zero attached hydrogens (tertiary/aromatic N) is 1. The summed E-state index contributed by atoms with van der Waals surface area (Å²) in [5, 5.41) is 16.5. The predicted octanol–water partition coefficient (Wildman–Crippen LogP) is 2.43. The van der Waals surface area contributed by atoms with Gasteiger partial charge in [0.05, 0.1) is 12.3 Å². The number of aromatic nitrogens is 1. The first-order valence-electron chi connectivity index (χ1n) is 4.81. The summed E-state index contributed by atoms with van der Waals surface area (Å²) in [7, 11) is 0. The molecule has 2 aromatic rings. The molecule has 2 aromatic heterocycles. The molecule has 1 atom stereocenters. The van der Waals surface area contributed by atoms with Gasteiger partial charge in [-0.05, 0) is 34.5 Å². The lowest BCUT2D eigenvalue weighted by Crippen LogP contribution is -2.12. The minimum Gasteiger partial charge on any atom is -0.387 e. The van der Waals surface area contributed by atoms with E-state index in [2.05, 4.69) is 10.3 Å². The lowest BCUT2D eigenvalue weighted by Gasteiger charge is -2.10. The fraction of sp³-hybridized carbons (Fsp3) is 0.182. The van der Waals surface area contributed by atoms with Crippen molar-refractivity contribution >= 4 is 17.2 Å². The van der Waals surface area contributed by atoms with Crippen molar-refractivity contribution in [3.05, 3.63) is 46.5 Å². The third-order valence-corrected chi connectivity index (χ3v) is 2.83. The summed E-state index contributed by atoms with van der Waals surface area (Å²) in [5.41, 5.74) is 0.875. The molecule has 0 radical (unpaired) electrons. The molecule has 2 rings (SSSR count). The fourth-order valence-electron chi connectivity index (χ4n) is 1.26. The Labute approximate surface area is 96.6 Å². The van der Waals surface area contributed by atoms with Crippen molar-refractivity contribution in [1.82, 2.24) is 4.98 Å². The molecule has 0 aliphatic carbocycles. The molecule has 2 N–H and O–H groups in total. The minimum atomic E-state index is -0.571. The first-order chi connectivity index (χ1) is 7.75. The van der Waals surface area contributed by atoms with E-state index in [4.69, 9.17) is 0 Å². The van der Waals surface area contributed by atoms with E-state index in [0.717, 1.165) is 11.8 Å². The van der Waals surface area contributed by atoms with Gasteiger partial charge >= 0.3 is 0 Å². The lowest BCUT2D eigenvalue weighted by atomic mass is 10.2. The normalized spacial score (nSPS) is 12.4. The molecule has 0 fully saturated rings. The van der Waals surface area contributed by atoms with Crippen LogP contribution >= 0.6 is 11.3 Å². The molecule has 2 heterocycles. The van der Waals surface area contributed by atoms with Crippen LogP contribution in [0.4, 0.5) is 10.2 Å². The molecule has 0 spiro atoms. The number of rotatable bonds is 4. The van der Waals surface area contributed by atoms with Crippen molar-refractivity contribution in [2.45, 2.75) is 6.10 Å². The van der Waals surface area contributed by atoms with Gasteiger partial charge in [-0.3, -0.25) is 0 Å². The molecule has 5 heteroatoms. The Morgan fingerprint density at radius 1 is 1.44 bits per heavy atom. The van der Waals surface area contributed by atoms with Crippen molar-refractivity contribution < 1.29 is 9.50 Å². The maximum Gasteiger partial charge on any atom is 0.141 e. The van der Waals surface area contributed by atoms with E-state index in [9.17, 15) is 9.50 Å². The maximum atomic E-state index is 12.6. The first kappa shape index (κ1) is 11.0. The third kappa shape index (κ3) is 2.77. The lowest BCUT2D eigenvalue weighted by molar-refractivity contribution is 0.192. The molecule has 0 aliphatic rings. The van der Waals surface area contributed by atoms with Crippen LogP contribution in [-0.2, 0) is 0 Å². The van der Waals surface area contributed by atoms with E-state index < -0.39 is 6.10 Å². The number of hydrogen-bond donors (Lipinski definition) is 2. The van der Waals surface area contributed by atoms with Crippen molar-refractivity contribution in [3.63, 3.8) is 0 Å². The molecule has 84 valence electrons. The highest BCUT2D eigenvalue weighted by Gasteiger charge is 2.07. The number of halogens is 1. The molecule has 16 heavy (non-hydrogen) atoms.